The van der Waals surface area contributed by atoms with Crippen molar-refractivity contribution in [3.05, 3.63) is 84.2 Å². The summed E-state index contributed by atoms with van der Waals surface area (Å²) in [5.74, 6) is 0.416. The Hall–Kier alpha value is -3.43. The molecule has 1 amide bonds. The second-order valence-corrected chi connectivity index (χ2v) is 9.28. The van der Waals surface area contributed by atoms with Crippen LogP contribution in [0, 0.1) is 0 Å². The summed E-state index contributed by atoms with van der Waals surface area (Å²) in [7, 11) is -2.55. The zero-order valence-corrected chi connectivity index (χ0v) is 18.3. The summed E-state index contributed by atoms with van der Waals surface area (Å²) in [4.78, 5) is 17.2. The summed E-state index contributed by atoms with van der Waals surface area (Å²) in [6, 6.07) is 18.7. The molecule has 166 valence electrons. The Morgan fingerprint density at radius 1 is 1.03 bits per heavy atom. The quantitative estimate of drug-likeness (QED) is 0.590. The molecule has 0 fully saturated rings. The van der Waals surface area contributed by atoms with Crippen LogP contribution >= 0.6 is 0 Å². The third kappa shape index (κ3) is 4.74. The molecule has 0 spiro atoms. The van der Waals surface area contributed by atoms with E-state index in [1.165, 1.54) is 19.2 Å². The Balaban J connectivity index is 1.51. The van der Waals surface area contributed by atoms with E-state index in [2.05, 4.69) is 10.3 Å². The van der Waals surface area contributed by atoms with Crippen molar-refractivity contribution in [3.8, 4) is 11.5 Å². The highest BCUT2D eigenvalue weighted by Gasteiger charge is 2.27. The molecule has 3 aromatic rings. The minimum atomic E-state index is -3.91. The van der Waals surface area contributed by atoms with Gasteiger partial charge in [-0.1, -0.05) is 36.4 Å². The van der Waals surface area contributed by atoms with E-state index in [-0.39, 0.29) is 11.4 Å². The molecule has 1 unspecified atom stereocenters. The van der Waals surface area contributed by atoms with Gasteiger partial charge in [-0.15, -0.1) is 0 Å². The van der Waals surface area contributed by atoms with Crippen molar-refractivity contribution in [2.24, 2.45) is 0 Å². The van der Waals surface area contributed by atoms with E-state index in [1.54, 1.807) is 18.3 Å². The number of fused-ring (bicyclic) bond motifs is 1. The number of benzene rings is 2. The lowest BCUT2D eigenvalue weighted by molar-refractivity contribution is -0.121. The number of ether oxygens (including phenoxy) is 2. The maximum atomic E-state index is 13.0. The summed E-state index contributed by atoms with van der Waals surface area (Å²) in [6.45, 7) is 0.411. The molecular weight excluding hydrogens is 430 g/mol. The molecule has 1 atom stereocenters. The molecule has 0 saturated heterocycles. The van der Waals surface area contributed by atoms with E-state index in [9.17, 15) is 13.2 Å². The first kappa shape index (κ1) is 21.8. The van der Waals surface area contributed by atoms with Gasteiger partial charge in [0.1, 0.15) is 13.2 Å². The Bertz CT molecular complexity index is 1150. The highest BCUT2D eigenvalue weighted by atomic mass is 32.2. The predicted molar refractivity (Wildman–Crippen MR) is 118 cm³/mol. The van der Waals surface area contributed by atoms with Gasteiger partial charge >= 0.3 is 0 Å². The first-order chi connectivity index (χ1) is 15.4. The molecule has 0 saturated carbocycles. The second-order valence-electron chi connectivity index (χ2n) is 7.23. The van der Waals surface area contributed by atoms with E-state index in [4.69, 9.17) is 9.47 Å². The lowest BCUT2D eigenvalue weighted by atomic mass is 10.0. The van der Waals surface area contributed by atoms with Crippen LogP contribution in [0.4, 0.5) is 0 Å². The van der Waals surface area contributed by atoms with Crippen LogP contribution in [-0.2, 0) is 14.8 Å². The second kappa shape index (κ2) is 9.37. The van der Waals surface area contributed by atoms with Crippen molar-refractivity contribution in [3.63, 3.8) is 0 Å². The third-order valence-corrected chi connectivity index (χ3v) is 6.81. The topological polar surface area (TPSA) is 97.8 Å². The zero-order chi connectivity index (χ0) is 22.6. The number of aromatic nitrogens is 1. The van der Waals surface area contributed by atoms with E-state index < -0.39 is 22.0 Å². The maximum Gasteiger partial charge on any atom is 0.243 e. The predicted octanol–water partition coefficient (Wildman–Crippen LogP) is 2.38. The van der Waals surface area contributed by atoms with Crippen molar-refractivity contribution < 1.29 is 22.7 Å². The fourth-order valence-electron chi connectivity index (χ4n) is 3.38. The van der Waals surface area contributed by atoms with Gasteiger partial charge in [-0.25, -0.2) is 8.42 Å². The van der Waals surface area contributed by atoms with Gasteiger partial charge in [0.05, 0.1) is 23.2 Å². The van der Waals surface area contributed by atoms with Crippen molar-refractivity contribution >= 4 is 15.9 Å². The standard InChI is InChI=1S/C23H23N3O5S/c1-26(32(28,29)18-10-11-20-21(15-18)31-14-13-30-20)16-22(27)25-23(17-7-3-2-4-8-17)19-9-5-6-12-24-19/h2-12,15,23H,13-14,16H2,1H3,(H,25,27). The number of rotatable bonds is 7. The minimum absolute atomic E-state index is 0.0291. The lowest BCUT2D eigenvalue weighted by Gasteiger charge is -2.23. The number of nitrogens with zero attached hydrogens (tertiary/aromatic N) is 2. The molecule has 1 aliphatic heterocycles. The molecule has 1 aliphatic rings. The Morgan fingerprint density at radius 2 is 1.75 bits per heavy atom. The largest absolute Gasteiger partial charge is 0.486 e. The van der Waals surface area contributed by atoms with Crippen molar-refractivity contribution in [2.75, 3.05) is 26.8 Å². The van der Waals surface area contributed by atoms with Crippen molar-refractivity contribution in [1.29, 1.82) is 0 Å². The lowest BCUT2D eigenvalue weighted by Crippen LogP contribution is -2.40. The van der Waals surface area contributed by atoms with Crippen LogP contribution in [0.2, 0.25) is 0 Å². The molecular formula is C23H23N3O5S. The highest BCUT2D eigenvalue weighted by molar-refractivity contribution is 7.89. The van der Waals surface area contributed by atoms with Crippen LogP contribution in [0.15, 0.2) is 77.8 Å². The number of amides is 1. The van der Waals surface area contributed by atoms with Gasteiger partial charge in [-0.3, -0.25) is 9.78 Å². The first-order valence-corrected chi connectivity index (χ1v) is 11.5. The number of carbonyl (C=O) groups excluding carboxylic acids is 1. The molecule has 0 radical (unpaired) electrons. The molecule has 2 aromatic carbocycles. The number of pyridine rings is 1. The number of hydrogen-bond donors (Lipinski definition) is 1. The van der Waals surface area contributed by atoms with Gasteiger partial charge in [-0.05, 0) is 29.8 Å². The fourth-order valence-corrected chi connectivity index (χ4v) is 4.52. The Morgan fingerprint density at radius 3 is 2.47 bits per heavy atom. The monoisotopic (exact) mass is 453 g/mol. The summed E-state index contributed by atoms with van der Waals surface area (Å²) in [6.07, 6.45) is 1.65. The molecule has 0 aliphatic carbocycles. The van der Waals surface area contributed by atoms with Crippen molar-refractivity contribution in [1.82, 2.24) is 14.6 Å². The van der Waals surface area contributed by atoms with Gasteiger partial charge in [0.15, 0.2) is 11.5 Å². The zero-order valence-electron chi connectivity index (χ0n) is 17.5. The average molecular weight is 454 g/mol. The molecule has 2 heterocycles. The molecule has 8 nitrogen and oxygen atoms in total. The number of hydrogen-bond acceptors (Lipinski definition) is 6. The number of sulfonamides is 1. The van der Waals surface area contributed by atoms with Crippen LogP contribution in [0.3, 0.4) is 0 Å². The molecule has 1 aromatic heterocycles. The van der Waals surface area contributed by atoms with Gasteiger partial charge in [0.2, 0.25) is 15.9 Å². The summed E-state index contributed by atoms with van der Waals surface area (Å²) < 4.78 is 38.0. The van der Waals surface area contributed by atoms with Crippen LogP contribution in [0.1, 0.15) is 17.3 Å². The normalized spacial score (nSPS) is 14.1. The fraction of sp³-hybridized carbons (Fsp3) is 0.217. The Kier molecular flexibility index (Phi) is 6.38. The average Bonchev–Trinajstić information content (AvgIpc) is 2.83. The maximum absolute atomic E-state index is 13.0. The molecule has 1 N–H and O–H groups in total. The van der Waals surface area contributed by atoms with Crippen LogP contribution in [-0.4, -0.2) is 50.4 Å². The summed E-state index contributed by atoms with van der Waals surface area (Å²) in [5.41, 5.74) is 1.50. The van der Waals surface area contributed by atoms with Gasteiger partial charge in [-0.2, -0.15) is 4.31 Å². The van der Waals surface area contributed by atoms with Crippen LogP contribution in [0.25, 0.3) is 0 Å². The van der Waals surface area contributed by atoms with E-state index in [0.29, 0.717) is 30.4 Å². The number of nitrogens with one attached hydrogen (secondary N) is 1. The van der Waals surface area contributed by atoms with Gasteiger partial charge in [0, 0.05) is 19.3 Å². The Labute approximate surface area is 186 Å². The minimum Gasteiger partial charge on any atom is -0.486 e. The number of likely N-dealkylation sites (N-methyl/N-ethyl adjacent to an activating group) is 1. The van der Waals surface area contributed by atoms with Crippen molar-refractivity contribution in [2.45, 2.75) is 10.9 Å². The third-order valence-electron chi connectivity index (χ3n) is 5.01. The SMILES string of the molecule is CN(CC(=O)NC(c1ccccc1)c1ccccn1)S(=O)(=O)c1ccc2c(c1)OCCO2. The van der Waals surface area contributed by atoms with E-state index in [0.717, 1.165) is 9.87 Å². The van der Waals surface area contributed by atoms with E-state index in [1.807, 2.05) is 42.5 Å². The van der Waals surface area contributed by atoms with E-state index >= 15 is 0 Å². The summed E-state index contributed by atoms with van der Waals surface area (Å²) in [5, 5.41) is 2.90. The van der Waals surface area contributed by atoms with Crippen LogP contribution < -0.4 is 14.8 Å². The van der Waals surface area contributed by atoms with Gasteiger partial charge in [0.25, 0.3) is 0 Å². The molecule has 0 bridgehead atoms. The van der Waals surface area contributed by atoms with Crippen LogP contribution in [0.5, 0.6) is 11.5 Å². The smallest absolute Gasteiger partial charge is 0.243 e. The van der Waals surface area contributed by atoms with Gasteiger partial charge < -0.3 is 14.8 Å². The number of carbonyl (C=O) groups is 1. The molecule has 9 heteroatoms. The highest BCUT2D eigenvalue weighted by Crippen LogP contribution is 2.33. The molecule has 32 heavy (non-hydrogen) atoms. The summed E-state index contributed by atoms with van der Waals surface area (Å²) >= 11 is 0. The molecule has 4 rings (SSSR count). The first-order valence-electron chi connectivity index (χ1n) is 10.1.